The smallest absolute Gasteiger partial charge is 0.224 e. The summed E-state index contributed by atoms with van der Waals surface area (Å²) in [4.78, 5) is 6.69. The zero-order chi connectivity index (χ0) is 9.97. The van der Waals surface area contributed by atoms with E-state index in [4.69, 9.17) is 0 Å². The van der Waals surface area contributed by atoms with Gasteiger partial charge in [-0.3, -0.25) is 0 Å². The third-order valence-electron chi connectivity index (χ3n) is 2.60. The second kappa shape index (κ2) is 4.29. The topological polar surface area (TPSA) is 34.0 Å². The Bertz CT molecular complexity index is 302. The third kappa shape index (κ3) is 2.08. The van der Waals surface area contributed by atoms with Crippen molar-refractivity contribution in [1.29, 1.82) is 0 Å². The molecule has 4 nitrogen and oxygen atoms in total. The summed E-state index contributed by atoms with van der Waals surface area (Å²) in [5.74, 6) is 0.985. The van der Waals surface area contributed by atoms with Crippen LogP contribution in [-0.4, -0.2) is 27.9 Å². The van der Waals surface area contributed by atoms with Gasteiger partial charge in [0.25, 0.3) is 0 Å². The first-order valence-electron chi connectivity index (χ1n) is 5.09. The molecule has 0 saturated carbocycles. The van der Waals surface area contributed by atoms with Crippen molar-refractivity contribution in [3.8, 4) is 0 Å². The van der Waals surface area contributed by atoms with Crippen molar-refractivity contribution in [1.82, 2.24) is 14.8 Å². The van der Waals surface area contributed by atoms with E-state index >= 15 is 0 Å². The zero-order valence-corrected chi connectivity index (χ0v) is 10.00. The van der Waals surface area contributed by atoms with E-state index in [1.165, 1.54) is 25.7 Å². The van der Waals surface area contributed by atoms with Crippen LogP contribution in [0.25, 0.3) is 0 Å². The van der Waals surface area contributed by atoms with Crippen molar-refractivity contribution in [3.05, 3.63) is 4.73 Å². The Hall–Kier alpha value is -0.580. The number of hydrogen-bond acceptors (Lipinski definition) is 3. The summed E-state index contributed by atoms with van der Waals surface area (Å²) < 4.78 is 2.52. The molecule has 1 aliphatic rings. The number of aromatic nitrogens is 3. The van der Waals surface area contributed by atoms with Gasteiger partial charge in [-0.25, -0.2) is 4.68 Å². The molecule has 0 bridgehead atoms. The molecule has 1 aromatic rings. The number of rotatable bonds is 1. The van der Waals surface area contributed by atoms with Gasteiger partial charge in [0.15, 0.2) is 0 Å². The molecule has 1 aliphatic heterocycles. The van der Waals surface area contributed by atoms with Gasteiger partial charge in [-0.1, -0.05) is 12.8 Å². The normalized spacial score (nSPS) is 18.3. The minimum absolute atomic E-state index is 0.680. The molecular weight excluding hydrogens is 244 g/mol. The Morgan fingerprint density at radius 2 is 1.79 bits per heavy atom. The fourth-order valence-corrected chi connectivity index (χ4v) is 2.29. The van der Waals surface area contributed by atoms with Crippen LogP contribution in [-0.2, 0) is 7.05 Å². The highest BCUT2D eigenvalue weighted by atomic mass is 79.9. The SMILES string of the molecule is Cn1nc(Br)nc1N1CCCCCC1. The molecule has 1 saturated heterocycles. The van der Waals surface area contributed by atoms with Crippen LogP contribution >= 0.6 is 15.9 Å². The van der Waals surface area contributed by atoms with Crippen LogP contribution in [0.15, 0.2) is 4.73 Å². The highest BCUT2D eigenvalue weighted by molar-refractivity contribution is 9.10. The van der Waals surface area contributed by atoms with Crippen LogP contribution in [0.1, 0.15) is 25.7 Å². The molecule has 14 heavy (non-hydrogen) atoms. The van der Waals surface area contributed by atoms with Gasteiger partial charge in [0.05, 0.1) is 0 Å². The largest absolute Gasteiger partial charge is 0.341 e. The zero-order valence-electron chi connectivity index (χ0n) is 8.41. The average molecular weight is 259 g/mol. The summed E-state index contributed by atoms with van der Waals surface area (Å²) in [6.45, 7) is 2.22. The minimum Gasteiger partial charge on any atom is -0.341 e. The Morgan fingerprint density at radius 1 is 1.14 bits per heavy atom. The quantitative estimate of drug-likeness (QED) is 0.773. The summed E-state index contributed by atoms with van der Waals surface area (Å²) in [5.41, 5.74) is 0. The Labute approximate surface area is 92.4 Å². The molecule has 0 spiro atoms. The van der Waals surface area contributed by atoms with Crippen LogP contribution in [0, 0.1) is 0 Å². The van der Waals surface area contributed by atoms with E-state index in [-0.39, 0.29) is 0 Å². The standard InChI is InChI=1S/C9H15BrN4/c1-13-9(11-8(10)12-13)14-6-4-2-3-5-7-14/h2-7H2,1H3. The molecule has 2 heterocycles. The predicted molar refractivity (Wildman–Crippen MR) is 59.4 cm³/mol. The van der Waals surface area contributed by atoms with Crippen LogP contribution in [0.4, 0.5) is 5.95 Å². The summed E-state index contributed by atoms with van der Waals surface area (Å²) in [6.07, 6.45) is 5.22. The average Bonchev–Trinajstić information content (AvgIpc) is 2.43. The van der Waals surface area contributed by atoms with Crippen LogP contribution < -0.4 is 4.90 Å². The van der Waals surface area contributed by atoms with Crippen molar-refractivity contribution < 1.29 is 0 Å². The molecule has 0 N–H and O–H groups in total. The molecule has 0 atom stereocenters. The maximum atomic E-state index is 4.37. The van der Waals surface area contributed by atoms with Crippen LogP contribution in [0.5, 0.6) is 0 Å². The van der Waals surface area contributed by atoms with Gasteiger partial charge in [-0.2, -0.15) is 4.98 Å². The number of nitrogens with zero attached hydrogens (tertiary/aromatic N) is 4. The van der Waals surface area contributed by atoms with Gasteiger partial charge in [-0.05, 0) is 28.8 Å². The van der Waals surface area contributed by atoms with E-state index in [1.807, 2.05) is 11.7 Å². The van der Waals surface area contributed by atoms with E-state index < -0.39 is 0 Å². The van der Waals surface area contributed by atoms with Crippen molar-refractivity contribution in [2.24, 2.45) is 7.05 Å². The van der Waals surface area contributed by atoms with Crippen LogP contribution in [0.2, 0.25) is 0 Å². The lowest BCUT2D eigenvalue weighted by Crippen LogP contribution is -2.26. The molecule has 1 aromatic heterocycles. The molecule has 2 rings (SSSR count). The lowest BCUT2D eigenvalue weighted by atomic mass is 10.2. The predicted octanol–water partition coefficient (Wildman–Crippen LogP) is 1.96. The number of anilines is 1. The second-order valence-electron chi connectivity index (χ2n) is 3.71. The number of hydrogen-bond donors (Lipinski definition) is 0. The fourth-order valence-electron chi connectivity index (χ4n) is 1.89. The Balaban J connectivity index is 2.15. The van der Waals surface area contributed by atoms with Crippen LogP contribution in [0.3, 0.4) is 0 Å². The Kier molecular flexibility index (Phi) is 3.05. The molecule has 0 amide bonds. The lowest BCUT2D eigenvalue weighted by molar-refractivity contribution is 0.693. The van der Waals surface area contributed by atoms with E-state index in [0.29, 0.717) is 4.73 Å². The molecule has 0 radical (unpaired) electrons. The van der Waals surface area contributed by atoms with Gasteiger partial charge in [0.1, 0.15) is 0 Å². The van der Waals surface area contributed by atoms with E-state index in [2.05, 4.69) is 30.9 Å². The van der Waals surface area contributed by atoms with Crippen molar-refractivity contribution in [2.75, 3.05) is 18.0 Å². The Morgan fingerprint density at radius 3 is 2.29 bits per heavy atom. The first-order valence-corrected chi connectivity index (χ1v) is 5.88. The number of halogens is 1. The number of aryl methyl sites for hydroxylation is 1. The summed E-state index contributed by atoms with van der Waals surface area (Å²) in [5, 5.41) is 4.20. The van der Waals surface area contributed by atoms with Gasteiger partial charge in [0.2, 0.25) is 10.7 Å². The fraction of sp³-hybridized carbons (Fsp3) is 0.778. The van der Waals surface area contributed by atoms with E-state index in [1.54, 1.807) is 0 Å². The van der Waals surface area contributed by atoms with Gasteiger partial charge >= 0.3 is 0 Å². The summed E-state index contributed by atoms with van der Waals surface area (Å²) in [6, 6.07) is 0. The highest BCUT2D eigenvalue weighted by Gasteiger charge is 2.15. The maximum absolute atomic E-state index is 4.37. The molecule has 0 aromatic carbocycles. The summed E-state index contributed by atoms with van der Waals surface area (Å²) >= 11 is 3.30. The van der Waals surface area contributed by atoms with Crippen molar-refractivity contribution in [3.63, 3.8) is 0 Å². The minimum atomic E-state index is 0.680. The molecule has 78 valence electrons. The molecule has 0 unspecified atom stereocenters. The van der Waals surface area contributed by atoms with Gasteiger partial charge in [-0.15, -0.1) is 5.10 Å². The van der Waals surface area contributed by atoms with Crippen molar-refractivity contribution >= 4 is 21.9 Å². The highest BCUT2D eigenvalue weighted by Crippen LogP contribution is 2.18. The molecule has 1 fully saturated rings. The van der Waals surface area contributed by atoms with Gasteiger partial charge < -0.3 is 4.90 Å². The molecule has 5 heteroatoms. The van der Waals surface area contributed by atoms with Gasteiger partial charge in [0, 0.05) is 20.1 Å². The van der Waals surface area contributed by atoms with Crippen molar-refractivity contribution in [2.45, 2.75) is 25.7 Å². The molecule has 0 aliphatic carbocycles. The first kappa shape index (κ1) is 9.96. The third-order valence-corrected chi connectivity index (χ3v) is 2.94. The van der Waals surface area contributed by atoms with E-state index in [9.17, 15) is 0 Å². The lowest BCUT2D eigenvalue weighted by Gasteiger charge is -2.19. The monoisotopic (exact) mass is 258 g/mol. The first-order chi connectivity index (χ1) is 6.77. The maximum Gasteiger partial charge on any atom is 0.224 e. The summed E-state index contributed by atoms with van der Waals surface area (Å²) in [7, 11) is 1.94. The second-order valence-corrected chi connectivity index (χ2v) is 4.41. The van der Waals surface area contributed by atoms with E-state index in [0.717, 1.165) is 19.0 Å². The molecular formula is C9H15BrN4.